The molecule has 0 saturated heterocycles. The van der Waals surface area contributed by atoms with Gasteiger partial charge in [0.2, 0.25) is 0 Å². The Kier molecular flexibility index (Phi) is 3.48. The molecule has 6 rings (SSSR count). The highest BCUT2D eigenvalue weighted by Gasteiger charge is 2.52. The van der Waals surface area contributed by atoms with Gasteiger partial charge in [0.15, 0.2) is 5.82 Å². The lowest BCUT2D eigenvalue weighted by atomic mass is 9.53. The lowest BCUT2D eigenvalue weighted by molar-refractivity contribution is -0.0492. The molecular formula is C19H22FN3O2S. The van der Waals surface area contributed by atoms with Gasteiger partial charge in [0.05, 0.1) is 10.4 Å². The maximum atomic E-state index is 13.0. The molecule has 0 aliphatic heterocycles. The van der Waals surface area contributed by atoms with Gasteiger partial charge in [-0.15, -0.1) is 0 Å². The number of nitrogens with one attached hydrogen (secondary N) is 1. The number of hydrogen-bond donors (Lipinski definition) is 1. The van der Waals surface area contributed by atoms with Crippen LogP contribution in [0.2, 0.25) is 0 Å². The molecular weight excluding hydrogens is 353 g/mol. The summed E-state index contributed by atoms with van der Waals surface area (Å²) in [5.74, 6) is 2.25. The molecule has 1 heterocycles. The maximum absolute atomic E-state index is 13.0. The van der Waals surface area contributed by atoms with Gasteiger partial charge in [-0.3, -0.25) is 9.40 Å². The van der Waals surface area contributed by atoms with E-state index >= 15 is 0 Å². The lowest BCUT2D eigenvalue weighted by Crippen LogP contribution is -2.52. The maximum Gasteiger partial charge on any atom is 0.263 e. The van der Waals surface area contributed by atoms with Crippen LogP contribution in [-0.4, -0.2) is 18.2 Å². The van der Waals surface area contributed by atoms with Crippen LogP contribution in [0.15, 0.2) is 41.4 Å². The molecule has 0 amide bonds. The van der Waals surface area contributed by atoms with E-state index in [1.54, 1.807) is 6.07 Å². The Morgan fingerprint density at radius 3 is 2.15 bits per heavy atom. The molecule has 0 spiro atoms. The van der Waals surface area contributed by atoms with E-state index in [-0.39, 0.29) is 10.4 Å². The van der Waals surface area contributed by atoms with Crippen LogP contribution in [0.3, 0.4) is 0 Å². The highest BCUT2D eigenvalue weighted by molar-refractivity contribution is 7.92. The zero-order valence-electron chi connectivity index (χ0n) is 14.4. The molecule has 4 saturated carbocycles. The van der Waals surface area contributed by atoms with Crippen LogP contribution in [0.25, 0.3) is 0 Å². The lowest BCUT2D eigenvalue weighted by Gasteiger charge is -2.56. The van der Waals surface area contributed by atoms with Gasteiger partial charge >= 0.3 is 0 Å². The summed E-state index contributed by atoms with van der Waals surface area (Å²) in [6.07, 6.45) is 9.44. The molecule has 4 bridgehead atoms. The molecule has 4 aliphatic carbocycles. The van der Waals surface area contributed by atoms with Crippen molar-refractivity contribution in [3.05, 3.63) is 42.3 Å². The number of sulfonamides is 1. The van der Waals surface area contributed by atoms with Crippen LogP contribution in [0, 0.1) is 23.6 Å². The minimum atomic E-state index is -3.77. The monoisotopic (exact) mass is 375 g/mol. The predicted molar refractivity (Wildman–Crippen MR) is 95.6 cm³/mol. The highest BCUT2D eigenvalue weighted by atomic mass is 32.2. The van der Waals surface area contributed by atoms with E-state index in [4.69, 9.17) is 0 Å². The van der Waals surface area contributed by atoms with Crippen molar-refractivity contribution in [1.82, 2.24) is 9.78 Å². The second-order valence-corrected chi connectivity index (χ2v) is 10.0. The molecule has 1 aromatic heterocycles. The first-order valence-electron chi connectivity index (χ1n) is 9.26. The SMILES string of the molecule is O=S(=O)(Nc1ccn(C23CC4CC(CC(C4)C2)C3)n1)c1ccc(F)cc1. The summed E-state index contributed by atoms with van der Waals surface area (Å²) in [6.45, 7) is 0. The fourth-order valence-corrected chi connectivity index (χ4v) is 6.79. The summed E-state index contributed by atoms with van der Waals surface area (Å²) in [6, 6.07) is 6.52. The second-order valence-electron chi connectivity index (χ2n) is 8.35. The second kappa shape index (κ2) is 5.55. The standard InChI is InChI=1S/C19H22FN3O2S/c20-16-1-3-17(4-2-16)26(24,25)22-18-5-6-23(21-18)19-10-13-7-14(11-19)9-15(8-13)12-19/h1-6,13-15H,7-12H2,(H,21,22). The number of halogens is 1. The Bertz CT molecular complexity index is 901. The molecule has 5 nitrogen and oxygen atoms in total. The zero-order chi connectivity index (χ0) is 17.9. The molecule has 138 valence electrons. The van der Waals surface area contributed by atoms with E-state index in [1.807, 2.05) is 10.9 Å². The molecule has 1 N–H and O–H groups in total. The molecule has 0 atom stereocenters. The fourth-order valence-electron chi connectivity index (χ4n) is 5.80. The van der Waals surface area contributed by atoms with Crippen molar-refractivity contribution in [3.63, 3.8) is 0 Å². The van der Waals surface area contributed by atoms with Crippen LogP contribution in [0.5, 0.6) is 0 Å². The van der Waals surface area contributed by atoms with Crippen molar-refractivity contribution in [2.24, 2.45) is 17.8 Å². The van der Waals surface area contributed by atoms with Crippen molar-refractivity contribution in [1.29, 1.82) is 0 Å². The molecule has 2 aromatic rings. The van der Waals surface area contributed by atoms with Crippen LogP contribution in [-0.2, 0) is 15.6 Å². The third kappa shape index (κ3) is 2.64. The van der Waals surface area contributed by atoms with E-state index in [0.29, 0.717) is 5.82 Å². The number of aromatic nitrogens is 2. The first-order chi connectivity index (χ1) is 12.4. The number of hydrogen-bond acceptors (Lipinski definition) is 3. The largest absolute Gasteiger partial charge is 0.264 e. The van der Waals surface area contributed by atoms with Crippen molar-refractivity contribution in [3.8, 4) is 0 Å². The smallest absolute Gasteiger partial charge is 0.263 e. The Labute approximate surface area is 152 Å². The first kappa shape index (κ1) is 16.3. The van der Waals surface area contributed by atoms with Crippen molar-refractivity contribution < 1.29 is 12.8 Å². The van der Waals surface area contributed by atoms with Gasteiger partial charge < -0.3 is 0 Å². The fraction of sp³-hybridized carbons (Fsp3) is 0.526. The summed E-state index contributed by atoms with van der Waals surface area (Å²) in [7, 11) is -3.77. The van der Waals surface area contributed by atoms with Gasteiger partial charge in [0.1, 0.15) is 5.82 Å². The minimum absolute atomic E-state index is 0.0308. The van der Waals surface area contributed by atoms with E-state index in [1.165, 1.54) is 31.4 Å². The van der Waals surface area contributed by atoms with Gasteiger partial charge in [-0.2, -0.15) is 5.10 Å². The van der Waals surface area contributed by atoms with Crippen LogP contribution in [0.1, 0.15) is 38.5 Å². The minimum Gasteiger partial charge on any atom is -0.264 e. The van der Waals surface area contributed by atoms with Gasteiger partial charge in [-0.05, 0) is 80.5 Å². The van der Waals surface area contributed by atoms with Gasteiger partial charge in [0, 0.05) is 12.3 Å². The number of rotatable bonds is 4. The van der Waals surface area contributed by atoms with Gasteiger partial charge in [0.25, 0.3) is 10.0 Å². The summed E-state index contributed by atoms with van der Waals surface area (Å²) in [4.78, 5) is 0.0308. The Morgan fingerprint density at radius 1 is 1.00 bits per heavy atom. The Balaban J connectivity index is 1.40. The van der Waals surface area contributed by atoms with E-state index in [2.05, 4.69) is 9.82 Å². The van der Waals surface area contributed by atoms with Gasteiger partial charge in [-0.1, -0.05) is 0 Å². The van der Waals surface area contributed by atoms with E-state index in [9.17, 15) is 12.8 Å². The predicted octanol–water partition coefficient (Wildman–Crippen LogP) is 3.75. The molecule has 1 aromatic carbocycles. The van der Waals surface area contributed by atoms with Crippen LogP contribution >= 0.6 is 0 Å². The van der Waals surface area contributed by atoms with Crippen molar-refractivity contribution in [2.45, 2.75) is 49.0 Å². The average molecular weight is 375 g/mol. The van der Waals surface area contributed by atoms with E-state index in [0.717, 1.165) is 49.1 Å². The highest BCUT2D eigenvalue weighted by Crippen LogP contribution is 2.58. The first-order valence-corrected chi connectivity index (χ1v) is 10.7. The van der Waals surface area contributed by atoms with Crippen LogP contribution in [0.4, 0.5) is 10.2 Å². The summed E-state index contributed by atoms with van der Waals surface area (Å²) in [5, 5.41) is 4.58. The van der Waals surface area contributed by atoms with Gasteiger partial charge in [-0.25, -0.2) is 12.8 Å². The Hall–Kier alpha value is -1.89. The molecule has 26 heavy (non-hydrogen) atoms. The number of anilines is 1. The topological polar surface area (TPSA) is 64.0 Å². The number of benzene rings is 1. The molecule has 4 aliphatic rings. The zero-order valence-corrected chi connectivity index (χ0v) is 15.3. The normalized spacial score (nSPS) is 32.7. The molecule has 4 fully saturated rings. The number of nitrogens with zero attached hydrogens (tertiary/aromatic N) is 2. The van der Waals surface area contributed by atoms with Crippen LogP contribution < -0.4 is 4.72 Å². The van der Waals surface area contributed by atoms with Crippen molar-refractivity contribution in [2.75, 3.05) is 4.72 Å². The Morgan fingerprint density at radius 2 is 1.58 bits per heavy atom. The summed E-state index contributed by atoms with van der Waals surface area (Å²) >= 11 is 0. The molecule has 0 radical (unpaired) electrons. The van der Waals surface area contributed by atoms with Crippen molar-refractivity contribution >= 4 is 15.8 Å². The quantitative estimate of drug-likeness (QED) is 0.885. The third-order valence-electron chi connectivity index (χ3n) is 6.44. The molecule has 0 unspecified atom stereocenters. The average Bonchev–Trinajstić information content (AvgIpc) is 3.02. The molecule has 7 heteroatoms. The summed E-state index contributed by atoms with van der Waals surface area (Å²) in [5.41, 5.74) is 0.0638. The summed E-state index contributed by atoms with van der Waals surface area (Å²) < 4.78 is 42.5. The third-order valence-corrected chi connectivity index (χ3v) is 7.81. The van der Waals surface area contributed by atoms with E-state index < -0.39 is 15.8 Å².